The second-order valence-corrected chi connectivity index (χ2v) is 3.60. The van der Waals surface area contributed by atoms with Crippen molar-refractivity contribution in [2.24, 2.45) is 0 Å². The van der Waals surface area contributed by atoms with E-state index in [0.29, 0.717) is 22.1 Å². The second kappa shape index (κ2) is 3.59. The number of furan rings is 1. The van der Waals surface area contributed by atoms with Gasteiger partial charge in [0.15, 0.2) is 11.5 Å². The number of ether oxygens (including phenoxy) is 1. The Morgan fingerprint density at radius 1 is 1.40 bits per heavy atom. The summed E-state index contributed by atoms with van der Waals surface area (Å²) in [5.74, 6) is 0.754. The summed E-state index contributed by atoms with van der Waals surface area (Å²) >= 11 is 5.94. The molecule has 0 N–H and O–H groups in total. The molecule has 0 radical (unpaired) electrons. The van der Waals surface area contributed by atoms with E-state index in [4.69, 9.17) is 20.8 Å². The second-order valence-electron chi connectivity index (χ2n) is 3.19. The molecule has 4 heteroatoms. The van der Waals surface area contributed by atoms with Gasteiger partial charge >= 0.3 is 0 Å². The number of carbonyl (C=O) groups excluding carboxylic acids is 1. The minimum absolute atomic E-state index is 0.110. The van der Waals surface area contributed by atoms with Crippen molar-refractivity contribution in [3.63, 3.8) is 0 Å². The van der Waals surface area contributed by atoms with Gasteiger partial charge in [-0.1, -0.05) is 11.6 Å². The number of benzene rings is 1. The number of hydrogen-bond donors (Lipinski definition) is 0. The maximum atomic E-state index is 11.1. The summed E-state index contributed by atoms with van der Waals surface area (Å²) in [5, 5.41) is 1.30. The molecule has 0 unspecified atom stereocenters. The van der Waals surface area contributed by atoms with Crippen molar-refractivity contribution in [2.75, 3.05) is 7.11 Å². The highest BCUT2D eigenvalue weighted by molar-refractivity contribution is 6.32. The molecule has 0 saturated carbocycles. The normalized spacial score (nSPS) is 10.6. The first-order chi connectivity index (χ1) is 7.11. The van der Waals surface area contributed by atoms with Gasteiger partial charge < -0.3 is 9.15 Å². The minimum Gasteiger partial charge on any atom is -0.495 e. The Hall–Kier alpha value is -1.48. The zero-order valence-electron chi connectivity index (χ0n) is 8.33. The van der Waals surface area contributed by atoms with Gasteiger partial charge in [-0.3, -0.25) is 4.79 Å². The maximum absolute atomic E-state index is 11.1. The molecule has 2 rings (SSSR count). The Balaban J connectivity index is 2.66. The Morgan fingerprint density at radius 3 is 2.73 bits per heavy atom. The van der Waals surface area contributed by atoms with E-state index in [1.54, 1.807) is 18.2 Å². The van der Waals surface area contributed by atoms with E-state index in [9.17, 15) is 4.79 Å². The van der Waals surface area contributed by atoms with Crippen LogP contribution in [-0.2, 0) is 0 Å². The van der Waals surface area contributed by atoms with E-state index in [1.165, 1.54) is 14.0 Å². The predicted octanol–water partition coefficient (Wildman–Crippen LogP) is 3.30. The number of halogens is 1. The van der Waals surface area contributed by atoms with Crippen LogP contribution in [0.15, 0.2) is 22.6 Å². The van der Waals surface area contributed by atoms with Gasteiger partial charge in [-0.25, -0.2) is 0 Å². The first-order valence-electron chi connectivity index (χ1n) is 4.40. The molecule has 2 aromatic rings. The van der Waals surface area contributed by atoms with Gasteiger partial charge in [0.2, 0.25) is 0 Å². The highest BCUT2D eigenvalue weighted by Crippen LogP contribution is 2.31. The number of carbonyl (C=O) groups is 1. The highest BCUT2D eigenvalue weighted by atomic mass is 35.5. The largest absolute Gasteiger partial charge is 0.495 e. The fourth-order valence-electron chi connectivity index (χ4n) is 1.37. The molecular formula is C11H9ClO3. The first kappa shape index (κ1) is 10.1. The van der Waals surface area contributed by atoms with Crippen molar-refractivity contribution < 1.29 is 13.9 Å². The lowest BCUT2D eigenvalue weighted by Gasteiger charge is -2.00. The lowest BCUT2D eigenvalue weighted by molar-refractivity contribution is 0.0989. The molecule has 0 aliphatic rings. The molecule has 3 nitrogen and oxygen atoms in total. The third kappa shape index (κ3) is 1.70. The Labute approximate surface area is 91.6 Å². The van der Waals surface area contributed by atoms with Crippen molar-refractivity contribution in [1.29, 1.82) is 0 Å². The summed E-state index contributed by atoms with van der Waals surface area (Å²) in [6.45, 7) is 1.45. The third-order valence-corrected chi connectivity index (χ3v) is 2.43. The predicted molar refractivity (Wildman–Crippen MR) is 57.8 cm³/mol. The smallest absolute Gasteiger partial charge is 0.194 e. The number of ketones is 1. The topological polar surface area (TPSA) is 39.4 Å². The van der Waals surface area contributed by atoms with Gasteiger partial charge in [-0.05, 0) is 12.1 Å². The zero-order chi connectivity index (χ0) is 11.0. The Kier molecular flexibility index (Phi) is 2.40. The van der Waals surface area contributed by atoms with Gasteiger partial charge in [0.1, 0.15) is 11.3 Å². The molecule has 15 heavy (non-hydrogen) atoms. The molecule has 1 aromatic heterocycles. The fourth-order valence-corrected chi connectivity index (χ4v) is 1.62. The van der Waals surface area contributed by atoms with E-state index in [-0.39, 0.29) is 5.78 Å². The Bertz CT molecular complexity index is 528. The molecule has 0 atom stereocenters. The van der Waals surface area contributed by atoms with Crippen molar-refractivity contribution in [1.82, 2.24) is 0 Å². The molecular weight excluding hydrogens is 216 g/mol. The average molecular weight is 225 g/mol. The van der Waals surface area contributed by atoms with E-state index in [2.05, 4.69) is 0 Å². The summed E-state index contributed by atoms with van der Waals surface area (Å²) in [6.07, 6.45) is 0. The van der Waals surface area contributed by atoms with Crippen LogP contribution in [0.1, 0.15) is 17.5 Å². The van der Waals surface area contributed by atoms with Crippen LogP contribution in [0.4, 0.5) is 0 Å². The molecule has 1 heterocycles. The van der Waals surface area contributed by atoms with Gasteiger partial charge in [0.25, 0.3) is 0 Å². The van der Waals surface area contributed by atoms with Crippen LogP contribution in [0.2, 0.25) is 5.02 Å². The lowest BCUT2D eigenvalue weighted by atomic mass is 10.2. The average Bonchev–Trinajstić information content (AvgIpc) is 2.59. The van der Waals surface area contributed by atoms with Crippen LogP contribution in [0.25, 0.3) is 11.0 Å². The summed E-state index contributed by atoms with van der Waals surface area (Å²) < 4.78 is 10.4. The van der Waals surface area contributed by atoms with Gasteiger partial charge in [0, 0.05) is 18.4 Å². The number of methoxy groups -OCH3 is 1. The van der Waals surface area contributed by atoms with Crippen LogP contribution in [0.3, 0.4) is 0 Å². The molecule has 0 aliphatic carbocycles. The van der Waals surface area contributed by atoms with E-state index in [1.807, 2.05) is 0 Å². The Morgan fingerprint density at radius 2 is 2.13 bits per heavy atom. The van der Waals surface area contributed by atoms with Crippen molar-refractivity contribution in [2.45, 2.75) is 6.92 Å². The molecule has 0 aliphatic heterocycles. The summed E-state index contributed by atoms with van der Waals surface area (Å²) in [5.41, 5.74) is 0.599. The van der Waals surface area contributed by atoms with Crippen molar-refractivity contribution >= 4 is 28.4 Å². The minimum atomic E-state index is -0.110. The maximum Gasteiger partial charge on any atom is 0.194 e. The van der Waals surface area contributed by atoms with Crippen LogP contribution in [0.5, 0.6) is 5.75 Å². The van der Waals surface area contributed by atoms with Gasteiger partial charge in [0.05, 0.1) is 12.1 Å². The molecule has 0 saturated heterocycles. The molecule has 0 fully saturated rings. The standard InChI is InChI=1S/C11H9ClO3/c1-6(13)9-4-7-3-8(12)11(14-2)5-10(7)15-9/h3-5H,1-2H3. The first-order valence-corrected chi connectivity index (χ1v) is 4.77. The molecule has 0 amide bonds. The quantitative estimate of drug-likeness (QED) is 0.735. The SMILES string of the molecule is COc1cc2oc(C(C)=O)cc2cc1Cl. The number of fused-ring (bicyclic) bond motifs is 1. The van der Waals surface area contributed by atoms with Crippen molar-refractivity contribution in [3.8, 4) is 5.75 Å². The molecule has 1 aromatic carbocycles. The van der Waals surface area contributed by atoms with E-state index < -0.39 is 0 Å². The van der Waals surface area contributed by atoms with Crippen LogP contribution in [-0.4, -0.2) is 12.9 Å². The van der Waals surface area contributed by atoms with Crippen molar-refractivity contribution in [3.05, 3.63) is 29.0 Å². The van der Waals surface area contributed by atoms with E-state index >= 15 is 0 Å². The van der Waals surface area contributed by atoms with Crippen LogP contribution >= 0.6 is 11.6 Å². The summed E-state index contributed by atoms with van der Waals surface area (Å²) in [4.78, 5) is 11.1. The number of hydrogen-bond acceptors (Lipinski definition) is 3. The lowest BCUT2D eigenvalue weighted by Crippen LogP contribution is -1.85. The molecule has 78 valence electrons. The van der Waals surface area contributed by atoms with Crippen LogP contribution < -0.4 is 4.74 Å². The summed E-state index contributed by atoms with van der Waals surface area (Å²) in [6, 6.07) is 5.05. The van der Waals surface area contributed by atoms with Gasteiger partial charge in [-0.2, -0.15) is 0 Å². The van der Waals surface area contributed by atoms with E-state index in [0.717, 1.165) is 5.39 Å². The number of Topliss-reactive ketones (excluding diaryl/α,β-unsaturated/α-hetero) is 1. The third-order valence-electron chi connectivity index (χ3n) is 2.14. The summed E-state index contributed by atoms with van der Waals surface area (Å²) in [7, 11) is 1.53. The van der Waals surface area contributed by atoms with Crippen LogP contribution in [0, 0.1) is 0 Å². The highest BCUT2D eigenvalue weighted by Gasteiger charge is 2.10. The molecule has 0 spiro atoms. The molecule has 0 bridgehead atoms. The van der Waals surface area contributed by atoms with Gasteiger partial charge in [-0.15, -0.1) is 0 Å². The monoisotopic (exact) mass is 224 g/mol. The zero-order valence-corrected chi connectivity index (χ0v) is 9.09. The fraction of sp³-hybridized carbons (Fsp3) is 0.182. The number of rotatable bonds is 2.